The number of para-hydroxylation sites is 2. The lowest BCUT2D eigenvalue weighted by Crippen LogP contribution is -2.18. The Morgan fingerprint density at radius 3 is 2.32 bits per heavy atom. The first-order valence-electron chi connectivity index (χ1n) is 10.2. The van der Waals surface area contributed by atoms with E-state index in [9.17, 15) is 4.21 Å². The van der Waals surface area contributed by atoms with Crippen molar-refractivity contribution in [3.63, 3.8) is 0 Å². The van der Waals surface area contributed by atoms with Crippen LogP contribution in [0.4, 0.5) is 17.3 Å². The number of hydrogen-bond donors (Lipinski definition) is 0. The van der Waals surface area contributed by atoms with Gasteiger partial charge in [-0.2, -0.15) is 0 Å². The van der Waals surface area contributed by atoms with Crippen LogP contribution in [0, 0.1) is 6.92 Å². The maximum atomic E-state index is 13.7. The summed E-state index contributed by atoms with van der Waals surface area (Å²) in [5.74, 6) is 0.626. The summed E-state index contributed by atoms with van der Waals surface area (Å²) in [5, 5.41) is 0.907. The number of aryl methyl sites for hydroxylation is 1. The molecule has 150 valence electrons. The molecule has 0 radical (unpaired) electrons. The topological polar surface area (TPSA) is 33.5 Å². The third-order valence-electron chi connectivity index (χ3n) is 5.70. The minimum absolute atomic E-state index is 0.626. The molecule has 0 saturated heterocycles. The number of hydrogen-bond acceptors (Lipinski definition) is 3. The number of rotatable bonds is 2. The largest absolute Gasteiger partial charge is 0.438 e. The molecule has 0 N–H and O–H groups in total. The van der Waals surface area contributed by atoms with Crippen molar-refractivity contribution in [3.05, 3.63) is 103 Å². The van der Waals surface area contributed by atoms with Gasteiger partial charge in [-0.15, -0.1) is 0 Å². The molecule has 0 bridgehead atoms. The molecule has 31 heavy (non-hydrogen) atoms. The second-order valence-corrected chi connectivity index (χ2v) is 9.08. The fraction of sp³-hybridized carbons (Fsp3) is 0.0370. The van der Waals surface area contributed by atoms with Gasteiger partial charge in [0.15, 0.2) is 0 Å². The highest BCUT2D eigenvalue weighted by molar-refractivity contribution is 7.85. The van der Waals surface area contributed by atoms with Crippen LogP contribution in [0.25, 0.3) is 22.1 Å². The van der Waals surface area contributed by atoms with Crippen molar-refractivity contribution in [2.45, 2.75) is 16.7 Å². The Hall–Kier alpha value is -3.63. The molecule has 6 rings (SSSR count). The van der Waals surface area contributed by atoms with Crippen molar-refractivity contribution >= 4 is 39.0 Å². The van der Waals surface area contributed by atoms with Gasteiger partial charge in [-0.25, -0.2) is 4.21 Å². The average Bonchev–Trinajstić information content (AvgIpc) is 3.19. The van der Waals surface area contributed by atoms with E-state index in [-0.39, 0.29) is 0 Å². The van der Waals surface area contributed by atoms with Gasteiger partial charge < -0.3 is 4.42 Å². The van der Waals surface area contributed by atoms with E-state index in [0.29, 0.717) is 5.88 Å². The highest BCUT2D eigenvalue weighted by Gasteiger charge is 2.35. The van der Waals surface area contributed by atoms with E-state index >= 15 is 0 Å². The number of furan rings is 1. The summed E-state index contributed by atoms with van der Waals surface area (Å²) < 4.78 is 20.0. The Bertz CT molecular complexity index is 1470. The quantitative estimate of drug-likeness (QED) is 0.293. The van der Waals surface area contributed by atoms with Crippen LogP contribution in [0.3, 0.4) is 0 Å². The molecule has 1 aromatic heterocycles. The molecule has 0 amide bonds. The van der Waals surface area contributed by atoms with Crippen LogP contribution in [0.2, 0.25) is 0 Å². The number of anilines is 3. The molecular formula is C27H19NO2S. The van der Waals surface area contributed by atoms with Crippen molar-refractivity contribution in [2.75, 3.05) is 4.90 Å². The van der Waals surface area contributed by atoms with E-state index in [1.54, 1.807) is 0 Å². The van der Waals surface area contributed by atoms with Crippen molar-refractivity contribution in [1.82, 2.24) is 0 Å². The molecule has 1 aliphatic heterocycles. The summed E-state index contributed by atoms with van der Waals surface area (Å²) in [6.45, 7) is 2.04. The molecule has 0 aliphatic carbocycles. The number of benzene rings is 4. The summed E-state index contributed by atoms with van der Waals surface area (Å²) in [6.07, 6.45) is 0. The lowest BCUT2D eigenvalue weighted by Gasteiger charge is -2.30. The first-order valence-corrected chi connectivity index (χ1v) is 11.4. The van der Waals surface area contributed by atoms with Crippen LogP contribution < -0.4 is 4.90 Å². The molecule has 3 nitrogen and oxygen atoms in total. The molecule has 1 aliphatic rings. The van der Waals surface area contributed by atoms with Crippen LogP contribution >= 0.6 is 0 Å². The van der Waals surface area contributed by atoms with Crippen LogP contribution in [0.15, 0.2) is 111 Å². The van der Waals surface area contributed by atoms with Crippen LogP contribution in [-0.2, 0) is 10.8 Å². The van der Waals surface area contributed by atoms with Crippen molar-refractivity contribution in [3.8, 4) is 11.1 Å². The monoisotopic (exact) mass is 421 g/mol. The summed E-state index contributed by atoms with van der Waals surface area (Å²) in [7, 11) is -1.32. The van der Waals surface area contributed by atoms with E-state index in [1.807, 2.05) is 73.7 Å². The fourth-order valence-corrected chi connectivity index (χ4v) is 5.71. The predicted molar refractivity (Wildman–Crippen MR) is 126 cm³/mol. The Labute approximate surface area is 183 Å². The first kappa shape index (κ1) is 18.2. The molecule has 0 spiro atoms. The maximum Gasteiger partial charge on any atom is 0.222 e. The van der Waals surface area contributed by atoms with Gasteiger partial charge >= 0.3 is 0 Å². The normalized spacial score (nSPS) is 15.0. The Kier molecular flexibility index (Phi) is 4.08. The van der Waals surface area contributed by atoms with E-state index in [2.05, 4.69) is 35.2 Å². The third kappa shape index (κ3) is 2.76. The molecule has 0 saturated carbocycles. The number of nitrogens with zero attached hydrogens (tertiary/aromatic N) is 1. The highest BCUT2D eigenvalue weighted by atomic mass is 32.2. The molecule has 4 heteroatoms. The Morgan fingerprint density at radius 1 is 0.774 bits per heavy atom. The minimum Gasteiger partial charge on any atom is -0.438 e. The van der Waals surface area contributed by atoms with Crippen LogP contribution in [-0.4, -0.2) is 4.21 Å². The zero-order chi connectivity index (χ0) is 20.9. The van der Waals surface area contributed by atoms with E-state index in [4.69, 9.17) is 4.42 Å². The lowest BCUT2D eigenvalue weighted by atomic mass is 10.0. The van der Waals surface area contributed by atoms with E-state index < -0.39 is 10.8 Å². The van der Waals surface area contributed by atoms with Gasteiger partial charge in [-0.05, 0) is 42.8 Å². The molecule has 1 atom stereocenters. The lowest BCUT2D eigenvalue weighted by molar-refractivity contribution is 0.608. The van der Waals surface area contributed by atoms with E-state index in [1.165, 1.54) is 0 Å². The van der Waals surface area contributed by atoms with Crippen molar-refractivity contribution < 1.29 is 8.63 Å². The second-order valence-electron chi connectivity index (χ2n) is 7.69. The molecule has 1 unspecified atom stereocenters. The van der Waals surface area contributed by atoms with E-state index in [0.717, 1.165) is 48.8 Å². The smallest absolute Gasteiger partial charge is 0.222 e. The highest BCUT2D eigenvalue weighted by Crippen LogP contribution is 2.52. The summed E-state index contributed by atoms with van der Waals surface area (Å²) in [4.78, 5) is 3.64. The molecular weight excluding hydrogens is 402 g/mol. The van der Waals surface area contributed by atoms with Crippen LogP contribution in [0.1, 0.15) is 5.56 Å². The van der Waals surface area contributed by atoms with Gasteiger partial charge in [0.1, 0.15) is 10.5 Å². The number of fused-ring (bicyclic) bond motifs is 4. The molecule has 5 aromatic rings. The summed E-state index contributed by atoms with van der Waals surface area (Å²) >= 11 is 0. The van der Waals surface area contributed by atoms with Gasteiger partial charge in [0.25, 0.3) is 0 Å². The average molecular weight is 422 g/mol. The minimum atomic E-state index is -1.32. The summed E-state index contributed by atoms with van der Waals surface area (Å²) in [5.41, 5.74) is 5.95. The van der Waals surface area contributed by atoms with Gasteiger partial charge in [0, 0.05) is 10.9 Å². The molecule has 0 fully saturated rings. The molecule has 4 aromatic carbocycles. The predicted octanol–water partition coefficient (Wildman–Crippen LogP) is 7.36. The SMILES string of the molecule is Cc1ccc2oc3c(c2c1)S(=O)c1ccccc1N3c1ccccc1-c1ccccc1. The third-order valence-corrected chi connectivity index (χ3v) is 7.21. The Morgan fingerprint density at radius 2 is 1.48 bits per heavy atom. The first-order chi connectivity index (χ1) is 15.2. The fourth-order valence-electron chi connectivity index (χ4n) is 4.29. The van der Waals surface area contributed by atoms with Gasteiger partial charge in [-0.1, -0.05) is 72.3 Å². The molecule has 2 heterocycles. The second kappa shape index (κ2) is 6.96. The van der Waals surface area contributed by atoms with Gasteiger partial charge in [0.05, 0.1) is 27.1 Å². The summed E-state index contributed by atoms with van der Waals surface area (Å²) in [6, 6.07) is 32.5. The van der Waals surface area contributed by atoms with Crippen molar-refractivity contribution in [1.29, 1.82) is 0 Å². The van der Waals surface area contributed by atoms with Crippen LogP contribution in [0.5, 0.6) is 0 Å². The van der Waals surface area contributed by atoms with Crippen molar-refractivity contribution in [2.24, 2.45) is 0 Å². The maximum absolute atomic E-state index is 13.7. The standard InChI is InChI=1S/C27H19NO2S/c1-18-15-16-24-21(17-18)26-27(30-24)28(23-13-7-8-14-25(23)31(26)29)22-12-6-5-11-20(22)19-9-3-2-4-10-19/h2-17H,1H3. The zero-order valence-corrected chi connectivity index (χ0v) is 17.7. The van der Waals surface area contributed by atoms with Gasteiger partial charge in [0.2, 0.25) is 5.88 Å². The van der Waals surface area contributed by atoms with Gasteiger partial charge in [-0.3, -0.25) is 4.90 Å². The zero-order valence-electron chi connectivity index (χ0n) is 16.9. The Balaban J connectivity index is 1.69.